The molecule has 7 nitrogen and oxygen atoms in total. The molecule has 3 amide bonds. The Kier molecular flexibility index (Phi) is 5.42. The third-order valence-corrected chi connectivity index (χ3v) is 6.34. The maximum Gasteiger partial charge on any atom is 0.338 e. The number of benzene rings is 3. The van der Waals surface area contributed by atoms with E-state index in [1.807, 2.05) is 31.2 Å². The monoisotopic (exact) mass is 474 g/mol. The summed E-state index contributed by atoms with van der Waals surface area (Å²) in [5.74, 6) is -2.19. The number of ether oxygens (including phenoxy) is 1. The highest BCUT2D eigenvalue weighted by molar-refractivity contribution is 6.39. The van der Waals surface area contributed by atoms with Gasteiger partial charge in [0, 0.05) is 11.7 Å². The first-order chi connectivity index (χ1) is 16.4. The largest absolute Gasteiger partial charge is 0.452 e. The minimum Gasteiger partial charge on any atom is -0.452 e. The molecule has 2 heterocycles. The van der Waals surface area contributed by atoms with Crippen LogP contribution >= 0.6 is 11.6 Å². The lowest BCUT2D eigenvalue weighted by Gasteiger charge is -2.22. The van der Waals surface area contributed by atoms with Crippen molar-refractivity contribution < 1.29 is 23.9 Å². The zero-order valence-electron chi connectivity index (χ0n) is 18.2. The van der Waals surface area contributed by atoms with Crippen molar-refractivity contribution in [1.82, 2.24) is 0 Å². The van der Waals surface area contributed by atoms with E-state index in [4.69, 9.17) is 16.3 Å². The van der Waals surface area contributed by atoms with Crippen LogP contribution in [0.4, 0.5) is 11.4 Å². The minimum atomic E-state index is -0.757. The molecule has 0 aromatic heterocycles. The lowest BCUT2D eigenvalue weighted by molar-refractivity contribution is -0.122. The number of para-hydroxylation sites is 2. The first-order valence-corrected chi connectivity index (χ1v) is 11.1. The minimum absolute atomic E-state index is 0.0389. The molecule has 0 radical (unpaired) electrons. The molecule has 2 aliphatic rings. The highest BCUT2D eigenvalue weighted by atomic mass is 35.5. The summed E-state index contributed by atoms with van der Waals surface area (Å²) in [5, 5.41) is 0.257. The molecule has 3 aromatic carbocycles. The zero-order chi connectivity index (χ0) is 24.0. The summed E-state index contributed by atoms with van der Waals surface area (Å²) < 4.78 is 5.26. The maximum absolute atomic E-state index is 13.0. The predicted molar refractivity (Wildman–Crippen MR) is 126 cm³/mol. The molecule has 170 valence electrons. The highest BCUT2D eigenvalue weighted by Gasteiger charge is 2.38. The van der Waals surface area contributed by atoms with Crippen LogP contribution in [0.5, 0.6) is 0 Å². The van der Waals surface area contributed by atoms with Gasteiger partial charge in [0.2, 0.25) is 0 Å². The van der Waals surface area contributed by atoms with Crippen molar-refractivity contribution in [3.8, 4) is 0 Å². The molecular formula is C26H19ClN2O5. The summed E-state index contributed by atoms with van der Waals surface area (Å²) in [4.78, 5) is 53.9. The fourth-order valence-electron chi connectivity index (χ4n) is 4.45. The molecule has 0 saturated heterocycles. The Morgan fingerprint density at radius 3 is 2.38 bits per heavy atom. The number of halogens is 1. The van der Waals surface area contributed by atoms with Gasteiger partial charge < -0.3 is 9.64 Å². The third-order valence-electron chi connectivity index (χ3n) is 6.02. The number of nitrogens with zero attached hydrogens (tertiary/aromatic N) is 2. The van der Waals surface area contributed by atoms with Crippen LogP contribution < -0.4 is 9.80 Å². The van der Waals surface area contributed by atoms with E-state index in [2.05, 4.69) is 0 Å². The van der Waals surface area contributed by atoms with Crippen LogP contribution in [0.1, 0.15) is 43.6 Å². The van der Waals surface area contributed by atoms with Crippen LogP contribution in [0.3, 0.4) is 0 Å². The molecule has 0 saturated carbocycles. The highest BCUT2D eigenvalue weighted by Crippen LogP contribution is 2.34. The number of hydrogen-bond donors (Lipinski definition) is 0. The molecule has 3 aromatic rings. The zero-order valence-corrected chi connectivity index (χ0v) is 18.9. The van der Waals surface area contributed by atoms with Gasteiger partial charge in [0.15, 0.2) is 6.61 Å². The number of esters is 1. The molecule has 0 spiro atoms. The van der Waals surface area contributed by atoms with Crippen molar-refractivity contribution in [1.29, 1.82) is 0 Å². The normalized spacial score (nSPS) is 16.5. The van der Waals surface area contributed by atoms with E-state index in [9.17, 15) is 19.2 Å². The number of imide groups is 1. The van der Waals surface area contributed by atoms with Crippen molar-refractivity contribution in [2.45, 2.75) is 19.4 Å². The van der Waals surface area contributed by atoms with Crippen molar-refractivity contribution in [3.05, 3.63) is 94.0 Å². The first-order valence-electron chi connectivity index (χ1n) is 10.7. The predicted octanol–water partition coefficient (Wildman–Crippen LogP) is 4.28. The number of fused-ring (bicyclic) bond motifs is 2. The molecule has 0 bridgehead atoms. The van der Waals surface area contributed by atoms with E-state index in [0.29, 0.717) is 0 Å². The lowest BCUT2D eigenvalue weighted by atomic mass is 10.1. The van der Waals surface area contributed by atoms with Gasteiger partial charge in [0.25, 0.3) is 17.7 Å². The van der Waals surface area contributed by atoms with Gasteiger partial charge in [-0.05, 0) is 55.3 Å². The fourth-order valence-corrected chi connectivity index (χ4v) is 4.67. The van der Waals surface area contributed by atoms with Gasteiger partial charge >= 0.3 is 5.97 Å². The van der Waals surface area contributed by atoms with E-state index >= 15 is 0 Å². The smallest absolute Gasteiger partial charge is 0.338 e. The molecule has 2 aliphatic heterocycles. The summed E-state index contributed by atoms with van der Waals surface area (Å²) in [5.41, 5.74) is 2.47. The maximum atomic E-state index is 13.0. The van der Waals surface area contributed by atoms with E-state index in [1.165, 1.54) is 18.2 Å². The molecule has 0 N–H and O–H groups in total. The third kappa shape index (κ3) is 3.54. The van der Waals surface area contributed by atoms with E-state index in [-0.39, 0.29) is 39.3 Å². The molecule has 1 unspecified atom stereocenters. The molecular weight excluding hydrogens is 456 g/mol. The van der Waals surface area contributed by atoms with Gasteiger partial charge in [-0.2, -0.15) is 0 Å². The van der Waals surface area contributed by atoms with Crippen molar-refractivity contribution in [3.63, 3.8) is 0 Å². The summed E-state index contributed by atoms with van der Waals surface area (Å²) in [6.07, 6.45) is 0.735. The number of carbonyl (C=O) groups is 4. The second kappa shape index (κ2) is 8.43. The SMILES string of the molecule is CC1Cc2ccccc2N1C(=O)COC(=O)c1ccc2c(c1)C(=O)N(c1ccccc1Cl)C2=O. The number of hydrogen-bond acceptors (Lipinski definition) is 5. The molecule has 1 atom stereocenters. The van der Waals surface area contributed by atoms with Crippen molar-refractivity contribution in [2.75, 3.05) is 16.4 Å². The average Bonchev–Trinajstić information content (AvgIpc) is 3.30. The number of anilines is 2. The lowest BCUT2D eigenvalue weighted by Crippen LogP contribution is -2.38. The topological polar surface area (TPSA) is 84.0 Å². The van der Waals surface area contributed by atoms with E-state index in [1.54, 1.807) is 29.2 Å². The van der Waals surface area contributed by atoms with Crippen molar-refractivity contribution in [2.24, 2.45) is 0 Å². The standard InChI is InChI=1S/C26H19ClN2O5/c1-15-12-16-6-2-4-8-21(16)28(15)23(30)14-34-26(33)17-10-11-18-19(13-17)25(32)29(24(18)31)22-9-5-3-7-20(22)27/h2-11,13,15H,12,14H2,1H3. The number of rotatable bonds is 4. The molecule has 0 aliphatic carbocycles. The first kappa shape index (κ1) is 21.9. The van der Waals surface area contributed by atoms with Crippen LogP contribution in [0.25, 0.3) is 0 Å². The number of carbonyl (C=O) groups excluding carboxylic acids is 4. The Morgan fingerprint density at radius 2 is 1.62 bits per heavy atom. The molecule has 34 heavy (non-hydrogen) atoms. The van der Waals surface area contributed by atoms with Gasteiger partial charge in [0.05, 0.1) is 27.4 Å². The second-order valence-electron chi connectivity index (χ2n) is 8.18. The van der Waals surface area contributed by atoms with Crippen LogP contribution in [0.2, 0.25) is 5.02 Å². The Hall–Kier alpha value is -3.97. The number of amides is 3. The quantitative estimate of drug-likeness (QED) is 0.416. The van der Waals surface area contributed by atoms with Crippen LogP contribution in [0, 0.1) is 0 Å². The summed E-state index contributed by atoms with van der Waals surface area (Å²) in [6, 6.07) is 18.2. The fraction of sp³-hybridized carbons (Fsp3) is 0.154. The van der Waals surface area contributed by atoms with Crippen molar-refractivity contribution >= 4 is 46.7 Å². The van der Waals surface area contributed by atoms with Gasteiger partial charge in [-0.1, -0.05) is 41.9 Å². The summed E-state index contributed by atoms with van der Waals surface area (Å²) in [6.45, 7) is 1.50. The Morgan fingerprint density at radius 1 is 0.941 bits per heavy atom. The van der Waals surface area contributed by atoms with Crippen LogP contribution in [-0.2, 0) is 16.0 Å². The molecule has 0 fully saturated rings. The Balaban J connectivity index is 1.32. The Bertz CT molecular complexity index is 1370. The second-order valence-corrected chi connectivity index (χ2v) is 8.59. The van der Waals surface area contributed by atoms with E-state index in [0.717, 1.165) is 22.6 Å². The van der Waals surface area contributed by atoms with E-state index < -0.39 is 24.4 Å². The van der Waals surface area contributed by atoms with Gasteiger partial charge in [-0.25, -0.2) is 9.69 Å². The van der Waals surface area contributed by atoms with Gasteiger partial charge in [-0.3, -0.25) is 14.4 Å². The van der Waals surface area contributed by atoms with Crippen LogP contribution in [0.15, 0.2) is 66.7 Å². The summed E-state index contributed by atoms with van der Waals surface area (Å²) in [7, 11) is 0. The van der Waals surface area contributed by atoms with Gasteiger partial charge in [0.1, 0.15) is 0 Å². The van der Waals surface area contributed by atoms with Gasteiger partial charge in [-0.15, -0.1) is 0 Å². The molecule has 8 heteroatoms. The average molecular weight is 475 g/mol. The Labute approximate surface area is 200 Å². The summed E-state index contributed by atoms with van der Waals surface area (Å²) >= 11 is 6.17. The van der Waals surface area contributed by atoms with Crippen LogP contribution in [-0.4, -0.2) is 36.3 Å². The molecule has 5 rings (SSSR count).